The smallest absolute Gasteiger partial charge is 0.303 e. The highest BCUT2D eigenvalue weighted by atomic mass is 16.4. The fourth-order valence-corrected chi connectivity index (χ4v) is 2.78. The van der Waals surface area contributed by atoms with E-state index in [9.17, 15) is 9.59 Å². The SMILES string of the molecule is CCC1(C(=O)NCCC(C)CCC(=O)O)CCNCC1. The zero-order chi connectivity index (χ0) is 15.0. The maximum absolute atomic E-state index is 12.4. The highest BCUT2D eigenvalue weighted by Gasteiger charge is 2.37. The van der Waals surface area contributed by atoms with Crippen LogP contribution in [0.4, 0.5) is 0 Å². The Labute approximate surface area is 121 Å². The van der Waals surface area contributed by atoms with Crippen LogP contribution >= 0.6 is 0 Å². The first-order valence-corrected chi connectivity index (χ1v) is 7.71. The minimum Gasteiger partial charge on any atom is -0.481 e. The molecule has 1 amide bonds. The summed E-state index contributed by atoms with van der Waals surface area (Å²) in [5.74, 6) is -0.246. The second-order valence-electron chi connectivity index (χ2n) is 5.97. The lowest BCUT2D eigenvalue weighted by atomic mass is 9.76. The summed E-state index contributed by atoms with van der Waals surface area (Å²) in [7, 11) is 0. The van der Waals surface area contributed by atoms with Gasteiger partial charge in [0.05, 0.1) is 5.41 Å². The van der Waals surface area contributed by atoms with Gasteiger partial charge in [-0.3, -0.25) is 9.59 Å². The molecule has 1 aliphatic rings. The summed E-state index contributed by atoms with van der Waals surface area (Å²) in [4.78, 5) is 22.9. The van der Waals surface area contributed by atoms with Gasteiger partial charge in [0.25, 0.3) is 0 Å². The number of hydrogen-bond donors (Lipinski definition) is 3. The van der Waals surface area contributed by atoms with Crippen molar-refractivity contribution >= 4 is 11.9 Å². The zero-order valence-electron chi connectivity index (χ0n) is 12.7. The third-order valence-corrected chi connectivity index (χ3v) is 4.49. The second-order valence-corrected chi connectivity index (χ2v) is 5.97. The molecule has 1 atom stereocenters. The Morgan fingerprint density at radius 3 is 2.50 bits per heavy atom. The van der Waals surface area contributed by atoms with E-state index in [1.54, 1.807) is 0 Å². The van der Waals surface area contributed by atoms with Crippen LogP contribution in [-0.2, 0) is 9.59 Å². The van der Waals surface area contributed by atoms with Crippen molar-refractivity contribution in [2.24, 2.45) is 11.3 Å². The molecule has 3 N–H and O–H groups in total. The van der Waals surface area contributed by atoms with Gasteiger partial charge in [-0.25, -0.2) is 0 Å². The molecule has 5 heteroatoms. The molecule has 0 spiro atoms. The molecule has 1 fully saturated rings. The summed E-state index contributed by atoms with van der Waals surface area (Å²) >= 11 is 0. The number of carbonyl (C=O) groups excluding carboxylic acids is 1. The standard InChI is InChI=1S/C15H28N2O3/c1-3-15(7-10-16-11-8-15)14(20)17-9-6-12(2)4-5-13(18)19/h12,16H,3-11H2,1-2H3,(H,17,20)(H,18,19). The minimum absolute atomic E-state index is 0.173. The minimum atomic E-state index is -0.750. The molecule has 20 heavy (non-hydrogen) atoms. The molecular formula is C15H28N2O3. The van der Waals surface area contributed by atoms with Gasteiger partial charge in [-0.2, -0.15) is 0 Å². The van der Waals surface area contributed by atoms with Crippen LogP contribution in [0, 0.1) is 11.3 Å². The lowest BCUT2D eigenvalue weighted by molar-refractivity contribution is -0.137. The highest BCUT2D eigenvalue weighted by molar-refractivity contribution is 5.82. The lowest BCUT2D eigenvalue weighted by Crippen LogP contribution is -2.47. The normalized spacial score (nSPS) is 19.3. The molecule has 0 aromatic rings. The van der Waals surface area contributed by atoms with Gasteiger partial charge in [0, 0.05) is 13.0 Å². The molecule has 0 saturated carbocycles. The van der Waals surface area contributed by atoms with Crippen molar-refractivity contribution < 1.29 is 14.7 Å². The number of nitrogens with one attached hydrogen (secondary N) is 2. The monoisotopic (exact) mass is 284 g/mol. The topological polar surface area (TPSA) is 78.4 Å². The van der Waals surface area contributed by atoms with Gasteiger partial charge in [-0.05, 0) is 51.1 Å². The maximum atomic E-state index is 12.4. The highest BCUT2D eigenvalue weighted by Crippen LogP contribution is 2.32. The van der Waals surface area contributed by atoms with E-state index in [1.807, 2.05) is 6.92 Å². The van der Waals surface area contributed by atoms with E-state index in [0.717, 1.165) is 38.8 Å². The van der Waals surface area contributed by atoms with Crippen LogP contribution in [0.5, 0.6) is 0 Å². The number of aliphatic carboxylic acids is 1. The van der Waals surface area contributed by atoms with Crippen molar-refractivity contribution in [2.75, 3.05) is 19.6 Å². The quantitative estimate of drug-likeness (QED) is 0.635. The third-order valence-electron chi connectivity index (χ3n) is 4.49. The van der Waals surface area contributed by atoms with E-state index in [-0.39, 0.29) is 17.7 Å². The van der Waals surface area contributed by atoms with Crippen LogP contribution in [-0.4, -0.2) is 36.6 Å². The molecule has 1 saturated heterocycles. The zero-order valence-corrected chi connectivity index (χ0v) is 12.7. The summed E-state index contributed by atoms with van der Waals surface area (Å²) in [6.45, 7) is 6.59. The molecule has 0 aromatic carbocycles. The number of carboxylic acid groups (broad SMARTS) is 1. The Hall–Kier alpha value is -1.10. The van der Waals surface area contributed by atoms with Crippen molar-refractivity contribution in [1.82, 2.24) is 10.6 Å². The molecule has 1 heterocycles. The number of piperidine rings is 1. The van der Waals surface area contributed by atoms with Crippen LogP contribution < -0.4 is 10.6 Å². The fraction of sp³-hybridized carbons (Fsp3) is 0.867. The first-order chi connectivity index (χ1) is 9.50. The summed E-state index contributed by atoms with van der Waals surface area (Å²) in [5, 5.41) is 15.0. The Bertz CT molecular complexity index is 325. The molecule has 1 aliphatic heterocycles. The van der Waals surface area contributed by atoms with Gasteiger partial charge < -0.3 is 15.7 Å². The Morgan fingerprint density at radius 2 is 1.95 bits per heavy atom. The van der Waals surface area contributed by atoms with Crippen LogP contribution in [0.25, 0.3) is 0 Å². The molecule has 0 aliphatic carbocycles. The van der Waals surface area contributed by atoms with Gasteiger partial charge in [0.1, 0.15) is 0 Å². The van der Waals surface area contributed by atoms with Crippen molar-refractivity contribution in [1.29, 1.82) is 0 Å². The summed E-state index contributed by atoms with van der Waals surface area (Å²) < 4.78 is 0. The maximum Gasteiger partial charge on any atom is 0.303 e. The molecule has 116 valence electrons. The van der Waals surface area contributed by atoms with Crippen molar-refractivity contribution in [3.8, 4) is 0 Å². The van der Waals surface area contributed by atoms with Crippen LogP contribution in [0.2, 0.25) is 0 Å². The van der Waals surface area contributed by atoms with Crippen molar-refractivity contribution in [2.45, 2.75) is 52.4 Å². The molecule has 0 aromatic heterocycles. The van der Waals surface area contributed by atoms with E-state index in [4.69, 9.17) is 5.11 Å². The first kappa shape index (κ1) is 17.0. The summed E-state index contributed by atoms with van der Waals surface area (Å²) in [6, 6.07) is 0. The van der Waals surface area contributed by atoms with Crippen LogP contribution in [0.1, 0.15) is 52.4 Å². The van der Waals surface area contributed by atoms with Gasteiger partial charge >= 0.3 is 5.97 Å². The Morgan fingerprint density at radius 1 is 1.30 bits per heavy atom. The van der Waals surface area contributed by atoms with Gasteiger partial charge in [-0.1, -0.05) is 13.8 Å². The largest absolute Gasteiger partial charge is 0.481 e. The summed E-state index contributed by atoms with van der Waals surface area (Å²) in [6.07, 6.45) is 4.42. The van der Waals surface area contributed by atoms with Gasteiger partial charge in [-0.15, -0.1) is 0 Å². The van der Waals surface area contributed by atoms with Crippen LogP contribution in [0.15, 0.2) is 0 Å². The fourth-order valence-electron chi connectivity index (χ4n) is 2.78. The van der Waals surface area contributed by atoms with Crippen molar-refractivity contribution in [3.05, 3.63) is 0 Å². The number of amides is 1. The molecule has 0 radical (unpaired) electrons. The van der Waals surface area contributed by atoms with E-state index < -0.39 is 5.97 Å². The predicted molar refractivity (Wildman–Crippen MR) is 78.5 cm³/mol. The number of rotatable bonds is 8. The number of hydrogen-bond acceptors (Lipinski definition) is 3. The van der Waals surface area contributed by atoms with E-state index in [2.05, 4.69) is 17.6 Å². The molecule has 0 bridgehead atoms. The lowest BCUT2D eigenvalue weighted by Gasteiger charge is -2.35. The second kappa shape index (κ2) is 8.25. The predicted octanol–water partition coefficient (Wildman–Crippen LogP) is 1.77. The number of carbonyl (C=O) groups is 2. The van der Waals surface area contributed by atoms with E-state index in [0.29, 0.717) is 18.9 Å². The Balaban J connectivity index is 2.29. The Kier molecular flexibility index (Phi) is 6.99. The molecular weight excluding hydrogens is 256 g/mol. The average molecular weight is 284 g/mol. The van der Waals surface area contributed by atoms with Gasteiger partial charge in [0.2, 0.25) is 5.91 Å². The number of carboxylic acids is 1. The molecule has 5 nitrogen and oxygen atoms in total. The average Bonchev–Trinajstić information content (AvgIpc) is 2.45. The third kappa shape index (κ3) is 5.12. The molecule has 1 rings (SSSR count). The summed E-state index contributed by atoms with van der Waals surface area (Å²) in [5.41, 5.74) is -0.199. The van der Waals surface area contributed by atoms with Crippen LogP contribution in [0.3, 0.4) is 0 Å². The van der Waals surface area contributed by atoms with E-state index >= 15 is 0 Å². The molecule has 1 unspecified atom stereocenters. The van der Waals surface area contributed by atoms with Gasteiger partial charge in [0.15, 0.2) is 0 Å². The first-order valence-electron chi connectivity index (χ1n) is 7.71. The van der Waals surface area contributed by atoms with E-state index in [1.165, 1.54) is 0 Å². The van der Waals surface area contributed by atoms with Crippen molar-refractivity contribution in [3.63, 3.8) is 0 Å².